The lowest BCUT2D eigenvalue weighted by molar-refractivity contribution is 0.411. The summed E-state index contributed by atoms with van der Waals surface area (Å²) in [5, 5.41) is 4.55. The quantitative estimate of drug-likeness (QED) is 0.722. The van der Waals surface area contributed by atoms with Crippen LogP contribution in [0.15, 0.2) is 59.4 Å². The summed E-state index contributed by atoms with van der Waals surface area (Å²) in [6.45, 7) is 0. The van der Waals surface area contributed by atoms with Crippen molar-refractivity contribution in [2.24, 2.45) is 0 Å². The van der Waals surface area contributed by atoms with E-state index in [4.69, 9.17) is 16.1 Å². The molecule has 0 atom stereocenters. The Bertz CT molecular complexity index is 646. The molecule has 3 aromatic rings. The maximum Gasteiger partial charge on any atom is 0.213 e. The van der Waals surface area contributed by atoms with E-state index >= 15 is 0 Å². The lowest BCUT2D eigenvalue weighted by Gasteiger charge is -2.03. The molecule has 94 valence electrons. The van der Waals surface area contributed by atoms with Crippen molar-refractivity contribution >= 4 is 11.6 Å². The van der Waals surface area contributed by atoms with Gasteiger partial charge in [-0.05, 0) is 28.8 Å². The maximum absolute atomic E-state index is 5.88. The van der Waals surface area contributed by atoms with Crippen molar-refractivity contribution in [1.82, 2.24) is 10.1 Å². The fourth-order valence-electron chi connectivity index (χ4n) is 1.91. The summed E-state index contributed by atoms with van der Waals surface area (Å²) in [7, 11) is 0. The molecule has 0 aliphatic carbocycles. The van der Waals surface area contributed by atoms with Gasteiger partial charge in [0.05, 0.1) is 0 Å². The predicted octanol–water partition coefficient (Wildman–Crippen LogP) is 3.98. The predicted molar refractivity (Wildman–Crippen MR) is 74.0 cm³/mol. The standard InChI is InChI=1S/C15H11ClN2O/c16-14-7-5-13(6-8-14)12-3-1-11(2-4-12)9-15-17-10-19-18-15/h1-8,10H,9H2. The summed E-state index contributed by atoms with van der Waals surface area (Å²) in [6.07, 6.45) is 2.02. The highest BCUT2D eigenvalue weighted by Crippen LogP contribution is 2.22. The molecule has 0 radical (unpaired) electrons. The topological polar surface area (TPSA) is 38.9 Å². The van der Waals surface area contributed by atoms with Crippen LogP contribution < -0.4 is 0 Å². The number of hydrogen-bond donors (Lipinski definition) is 0. The second-order valence-electron chi connectivity index (χ2n) is 4.23. The van der Waals surface area contributed by atoms with E-state index in [-0.39, 0.29) is 0 Å². The van der Waals surface area contributed by atoms with Gasteiger partial charge >= 0.3 is 0 Å². The first-order valence-electron chi connectivity index (χ1n) is 5.91. The molecule has 3 nitrogen and oxygen atoms in total. The van der Waals surface area contributed by atoms with Crippen LogP contribution in [-0.2, 0) is 6.42 Å². The number of nitrogens with zero attached hydrogens (tertiary/aromatic N) is 2. The van der Waals surface area contributed by atoms with Crippen molar-refractivity contribution in [1.29, 1.82) is 0 Å². The third-order valence-corrected chi connectivity index (χ3v) is 3.15. The number of hydrogen-bond acceptors (Lipinski definition) is 3. The molecule has 0 saturated heterocycles. The van der Waals surface area contributed by atoms with Gasteiger partial charge in [-0.2, -0.15) is 4.98 Å². The van der Waals surface area contributed by atoms with Crippen molar-refractivity contribution in [3.8, 4) is 11.1 Å². The molecular formula is C15H11ClN2O. The normalized spacial score (nSPS) is 10.6. The molecule has 1 heterocycles. The SMILES string of the molecule is Clc1ccc(-c2ccc(Cc3ncon3)cc2)cc1. The van der Waals surface area contributed by atoms with Gasteiger partial charge in [0.15, 0.2) is 5.82 Å². The van der Waals surface area contributed by atoms with E-state index in [1.807, 2.05) is 24.3 Å². The maximum atomic E-state index is 5.88. The average molecular weight is 271 g/mol. The fraction of sp³-hybridized carbons (Fsp3) is 0.0667. The zero-order valence-corrected chi connectivity index (χ0v) is 10.8. The molecule has 0 bridgehead atoms. The Morgan fingerprint density at radius 3 is 2.11 bits per heavy atom. The van der Waals surface area contributed by atoms with Gasteiger partial charge in [-0.3, -0.25) is 0 Å². The first kappa shape index (κ1) is 11.9. The lowest BCUT2D eigenvalue weighted by Crippen LogP contribution is -1.90. The van der Waals surface area contributed by atoms with Gasteiger partial charge in [0.2, 0.25) is 6.39 Å². The number of aromatic nitrogens is 2. The van der Waals surface area contributed by atoms with Crippen molar-refractivity contribution in [2.75, 3.05) is 0 Å². The summed E-state index contributed by atoms with van der Waals surface area (Å²) in [5.74, 6) is 0.694. The van der Waals surface area contributed by atoms with Gasteiger partial charge in [0.1, 0.15) is 0 Å². The first-order valence-corrected chi connectivity index (χ1v) is 6.29. The van der Waals surface area contributed by atoms with Gasteiger partial charge < -0.3 is 4.52 Å². The van der Waals surface area contributed by atoms with Crippen LogP contribution in [0.25, 0.3) is 11.1 Å². The van der Waals surface area contributed by atoms with Gasteiger partial charge in [-0.25, -0.2) is 0 Å². The average Bonchev–Trinajstić information content (AvgIpc) is 2.94. The van der Waals surface area contributed by atoms with Gasteiger partial charge in [0, 0.05) is 11.4 Å². The molecule has 0 unspecified atom stereocenters. The monoisotopic (exact) mass is 270 g/mol. The van der Waals surface area contributed by atoms with E-state index in [0.717, 1.165) is 21.7 Å². The minimum absolute atomic E-state index is 0.678. The summed E-state index contributed by atoms with van der Waals surface area (Å²) in [6, 6.07) is 16.1. The third kappa shape index (κ3) is 2.83. The van der Waals surface area contributed by atoms with E-state index in [1.54, 1.807) is 0 Å². The smallest absolute Gasteiger partial charge is 0.213 e. The van der Waals surface area contributed by atoms with Crippen LogP contribution in [0.2, 0.25) is 5.02 Å². The highest BCUT2D eigenvalue weighted by molar-refractivity contribution is 6.30. The zero-order valence-electron chi connectivity index (χ0n) is 10.1. The minimum Gasteiger partial charge on any atom is -0.343 e. The molecule has 0 saturated carbocycles. The molecule has 3 rings (SSSR count). The molecule has 0 N–H and O–H groups in total. The van der Waals surface area contributed by atoms with Crippen LogP contribution >= 0.6 is 11.6 Å². The third-order valence-electron chi connectivity index (χ3n) is 2.90. The Kier molecular flexibility index (Phi) is 3.29. The molecule has 0 fully saturated rings. The Morgan fingerprint density at radius 2 is 1.53 bits per heavy atom. The molecule has 0 aliphatic rings. The largest absolute Gasteiger partial charge is 0.343 e. The van der Waals surface area contributed by atoms with Crippen molar-refractivity contribution in [2.45, 2.75) is 6.42 Å². The summed E-state index contributed by atoms with van der Waals surface area (Å²) in [5.41, 5.74) is 3.46. The zero-order chi connectivity index (χ0) is 13.1. The van der Waals surface area contributed by atoms with E-state index in [1.165, 1.54) is 6.39 Å². The Labute approximate surface area is 115 Å². The number of benzene rings is 2. The minimum atomic E-state index is 0.678. The molecule has 0 spiro atoms. The van der Waals surface area contributed by atoms with Crippen LogP contribution in [0.1, 0.15) is 11.4 Å². The summed E-state index contributed by atoms with van der Waals surface area (Å²) in [4.78, 5) is 4.01. The van der Waals surface area contributed by atoms with Crippen LogP contribution in [0.3, 0.4) is 0 Å². The number of rotatable bonds is 3. The molecule has 4 heteroatoms. The molecule has 1 aromatic heterocycles. The lowest BCUT2D eigenvalue weighted by atomic mass is 10.0. The first-order chi connectivity index (χ1) is 9.31. The van der Waals surface area contributed by atoms with E-state index < -0.39 is 0 Å². The van der Waals surface area contributed by atoms with Crippen molar-refractivity contribution in [3.05, 3.63) is 71.3 Å². The fourth-order valence-corrected chi connectivity index (χ4v) is 2.04. The Morgan fingerprint density at radius 1 is 0.895 bits per heavy atom. The molecule has 0 amide bonds. The molecule has 19 heavy (non-hydrogen) atoms. The highest BCUT2D eigenvalue weighted by atomic mass is 35.5. The van der Waals surface area contributed by atoms with Crippen molar-refractivity contribution in [3.63, 3.8) is 0 Å². The van der Waals surface area contributed by atoms with E-state index in [9.17, 15) is 0 Å². The number of halogens is 1. The Hall–Kier alpha value is -2.13. The second-order valence-corrected chi connectivity index (χ2v) is 4.66. The van der Waals surface area contributed by atoms with Gasteiger partial charge in [-0.1, -0.05) is 53.2 Å². The van der Waals surface area contributed by atoms with Crippen molar-refractivity contribution < 1.29 is 4.52 Å². The Balaban J connectivity index is 1.80. The molecule has 0 aliphatic heterocycles. The van der Waals surface area contributed by atoms with Crippen LogP contribution in [0.5, 0.6) is 0 Å². The second kappa shape index (κ2) is 5.24. The van der Waals surface area contributed by atoms with E-state index in [2.05, 4.69) is 34.4 Å². The molecular weight excluding hydrogens is 260 g/mol. The van der Waals surface area contributed by atoms with Gasteiger partial charge in [0.25, 0.3) is 0 Å². The van der Waals surface area contributed by atoms with Crippen LogP contribution in [0.4, 0.5) is 0 Å². The summed E-state index contributed by atoms with van der Waals surface area (Å²) >= 11 is 5.88. The van der Waals surface area contributed by atoms with Crippen LogP contribution in [-0.4, -0.2) is 10.1 Å². The molecule has 2 aromatic carbocycles. The van der Waals surface area contributed by atoms with Crippen LogP contribution in [0, 0.1) is 0 Å². The van der Waals surface area contributed by atoms with Gasteiger partial charge in [-0.15, -0.1) is 0 Å². The highest BCUT2D eigenvalue weighted by Gasteiger charge is 2.02. The van der Waals surface area contributed by atoms with E-state index in [0.29, 0.717) is 12.2 Å². The summed E-state index contributed by atoms with van der Waals surface area (Å²) < 4.78 is 4.72.